The maximum absolute atomic E-state index is 9.80. The molecule has 4 nitrogen and oxygen atoms in total. The third-order valence-corrected chi connectivity index (χ3v) is 2.53. The first-order chi connectivity index (χ1) is 6.33. The molecule has 78 valence electrons. The van der Waals surface area contributed by atoms with Crippen molar-refractivity contribution in [3.8, 4) is 0 Å². The van der Waals surface area contributed by atoms with E-state index >= 15 is 0 Å². The predicted octanol–water partition coefficient (Wildman–Crippen LogP) is 0.217. The average Bonchev–Trinajstić information content (AvgIpc) is 2.50. The Morgan fingerprint density at radius 1 is 1.43 bits per heavy atom. The zero-order valence-corrected chi connectivity index (χ0v) is 9.07. The highest BCUT2D eigenvalue weighted by Gasteiger charge is 2.35. The number of hydrogen-bond acceptors (Lipinski definition) is 4. The number of rotatable bonds is 4. The molecular weight excluding hydrogens is 181 g/mol. The molecule has 0 unspecified atom stereocenters. The van der Waals surface area contributed by atoms with Crippen molar-refractivity contribution in [3.63, 3.8) is 0 Å². The number of hydrogen-bond donors (Lipinski definition) is 1. The van der Waals surface area contributed by atoms with Gasteiger partial charge in [-0.15, -0.1) is 0 Å². The Bertz CT molecular complexity index is 277. The van der Waals surface area contributed by atoms with Gasteiger partial charge in [-0.25, -0.2) is 4.98 Å². The van der Waals surface area contributed by atoms with Crippen molar-refractivity contribution in [1.82, 2.24) is 4.98 Å². The molecule has 0 atom stereocenters. The Labute approximate surface area is 84.6 Å². The summed E-state index contributed by atoms with van der Waals surface area (Å²) in [5, 5.41) is 9.80. The van der Waals surface area contributed by atoms with Gasteiger partial charge in [-0.3, -0.25) is 0 Å². The molecule has 0 spiro atoms. The number of nitrogens with zero attached hydrogens (tertiary/aromatic N) is 1. The van der Waals surface area contributed by atoms with Crippen molar-refractivity contribution in [2.75, 3.05) is 0 Å². The fourth-order valence-corrected chi connectivity index (χ4v) is 0.742. The predicted molar refractivity (Wildman–Crippen MR) is 54.7 cm³/mol. The van der Waals surface area contributed by atoms with E-state index in [1.54, 1.807) is 20.0 Å². The lowest BCUT2D eigenvalue weighted by Crippen LogP contribution is -2.49. The summed E-state index contributed by atoms with van der Waals surface area (Å²) in [7, 11) is 0.316. The third kappa shape index (κ3) is 2.59. The summed E-state index contributed by atoms with van der Waals surface area (Å²) < 4.78 is 10.6. The van der Waals surface area contributed by atoms with E-state index in [1.807, 2.05) is 13.8 Å². The highest BCUT2D eigenvalue weighted by atomic mass is 16.5. The molecular formula is C9H16BNO3. The van der Waals surface area contributed by atoms with Gasteiger partial charge in [0.2, 0.25) is 0 Å². The SMILES string of the molecule is CC(C)(O)C(C)(C)OBc1cnco1. The molecule has 0 fully saturated rings. The van der Waals surface area contributed by atoms with Gasteiger partial charge in [0.15, 0.2) is 6.39 Å². The maximum Gasteiger partial charge on any atom is 0.353 e. The van der Waals surface area contributed by atoms with Gasteiger partial charge in [-0.05, 0) is 27.7 Å². The Hall–Kier alpha value is -0.805. The minimum atomic E-state index is -0.896. The first kappa shape index (κ1) is 11.3. The van der Waals surface area contributed by atoms with Gasteiger partial charge >= 0.3 is 7.48 Å². The van der Waals surface area contributed by atoms with Crippen LogP contribution in [0.4, 0.5) is 0 Å². The first-order valence-electron chi connectivity index (χ1n) is 4.56. The molecule has 0 saturated carbocycles. The maximum atomic E-state index is 9.80. The molecule has 0 aliphatic carbocycles. The number of aliphatic hydroxyl groups is 1. The van der Waals surface area contributed by atoms with E-state index in [0.29, 0.717) is 13.1 Å². The summed E-state index contributed by atoms with van der Waals surface area (Å²) in [6.07, 6.45) is 2.95. The van der Waals surface area contributed by atoms with Crippen LogP contribution < -0.4 is 5.66 Å². The van der Waals surface area contributed by atoms with Crippen molar-refractivity contribution in [1.29, 1.82) is 0 Å². The first-order valence-corrected chi connectivity index (χ1v) is 4.56. The second-order valence-corrected chi connectivity index (χ2v) is 4.33. The quantitative estimate of drug-likeness (QED) is 0.701. The van der Waals surface area contributed by atoms with Crippen LogP contribution in [0.3, 0.4) is 0 Å². The van der Waals surface area contributed by atoms with Gasteiger partial charge in [0.05, 0.1) is 17.4 Å². The zero-order chi connectivity index (χ0) is 10.8. The lowest BCUT2D eigenvalue weighted by molar-refractivity contribution is -0.0895. The molecule has 0 radical (unpaired) electrons. The minimum absolute atomic E-state index is 0.316. The molecule has 0 saturated heterocycles. The van der Waals surface area contributed by atoms with Crippen molar-refractivity contribution < 1.29 is 14.2 Å². The van der Waals surface area contributed by atoms with Crippen LogP contribution in [0.25, 0.3) is 0 Å². The molecule has 1 rings (SSSR count). The Morgan fingerprint density at radius 3 is 2.50 bits per heavy atom. The normalized spacial score (nSPS) is 12.9. The molecule has 0 aliphatic heterocycles. The van der Waals surface area contributed by atoms with E-state index in [2.05, 4.69) is 4.98 Å². The molecule has 0 aromatic carbocycles. The lowest BCUT2D eigenvalue weighted by atomic mass is 9.86. The topological polar surface area (TPSA) is 55.5 Å². The molecule has 1 aromatic heterocycles. The van der Waals surface area contributed by atoms with E-state index < -0.39 is 11.2 Å². The van der Waals surface area contributed by atoms with Gasteiger partial charge in [-0.2, -0.15) is 0 Å². The van der Waals surface area contributed by atoms with E-state index in [0.717, 1.165) is 0 Å². The molecule has 1 heterocycles. The van der Waals surface area contributed by atoms with Crippen LogP contribution in [0.1, 0.15) is 27.7 Å². The fourth-order valence-electron chi connectivity index (χ4n) is 0.742. The van der Waals surface area contributed by atoms with Crippen LogP contribution in [-0.4, -0.2) is 28.8 Å². The van der Waals surface area contributed by atoms with E-state index in [-0.39, 0.29) is 0 Å². The van der Waals surface area contributed by atoms with Gasteiger partial charge in [0.25, 0.3) is 0 Å². The molecule has 5 heteroatoms. The highest BCUT2D eigenvalue weighted by molar-refractivity contribution is 6.44. The van der Waals surface area contributed by atoms with Crippen LogP contribution in [0, 0.1) is 0 Å². The summed E-state index contributed by atoms with van der Waals surface area (Å²) in [4.78, 5) is 3.78. The van der Waals surface area contributed by atoms with Crippen molar-refractivity contribution in [2.24, 2.45) is 0 Å². The summed E-state index contributed by atoms with van der Waals surface area (Å²) in [6, 6.07) is 0. The third-order valence-electron chi connectivity index (χ3n) is 2.53. The van der Waals surface area contributed by atoms with Crippen LogP contribution >= 0.6 is 0 Å². The highest BCUT2D eigenvalue weighted by Crippen LogP contribution is 2.24. The van der Waals surface area contributed by atoms with Crippen LogP contribution in [-0.2, 0) is 4.65 Å². The van der Waals surface area contributed by atoms with E-state index in [1.165, 1.54) is 6.39 Å². The molecule has 0 bridgehead atoms. The van der Waals surface area contributed by atoms with E-state index in [4.69, 9.17) is 9.07 Å². The van der Waals surface area contributed by atoms with E-state index in [9.17, 15) is 5.11 Å². The molecule has 1 N–H and O–H groups in total. The van der Waals surface area contributed by atoms with Crippen LogP contribution in [0.2, 0.25) is 0 Å². The van der Waals surface area contributed by atoms with Gasteiger partial charge in [0, 0.05) is 0 Å². The van der Waals surface area contributed by atoms with Gasteiger partial charge in [0.1, 0.15) is 5.66 Å². The van der Waals surface area contributed by atoms with Crippen LogP contribution in [0.15, 0.2) is 17.0 Å². The molecule has 0 amide bonds. The number of oxazole rings is 1. The zero-order valence-electron chi connectivity index (χ0n) is 9.07. The van der Waals surface area contributed by atoms with Gasteiger partial charge in [-0.1, -0.05) is 0 Å². The molecule has 14 heavy (non-hydrogen) atoms. The van der Waals surface area contributed by atoms with Crippen molar-refractivity contribution in [3.05, 3.63) is 12.6 Å². The standard InChI is InChI=1S/C9H16BNO3/c1-8(2,12)9(3,4)14-10-7-5-11-6-13-7/h5-6,10,12H,1-4H3. The summed E-state index contributed by atoms with van der Waals surface area (Å²) >= 11 is 0. The van der Waals surface area contributed by atoms with Gasteiger partial charge < -0.3 is 14.2 Å². The Morgan fingerprint density at radius 2 is 2.07 bits per heavy atom. The second-order valence-electron chi connectivity index (χ2n) is 4.33. The summed E-state index contributed by atoms with van der Waals surface area (Å²) in [5.41, 5.74) is -0.866. The lowest BCUT2D eigenvalue weighted by Gasteiger charge is -2.37. The smallest absolute Gasteiger partial charge is 0.353 e. The van der Waals surface area contributed by atoms with Crippen molar-refractivity contribution >= 4 is 13.1 Å². The Kier molecular flexibility index (Phi) is 3.02. The number of aromatic nitrogens is 1. The molecule has 0 aliphatic rings. The van der Waals surface area contributed by atoms with Crippen LogP contribution in [0.5, 0.6) is 0 Å². The Balaban J connectivity index is 2.53. The largest absolute Gasteiger partial charge is 0.456 e. The summed E-state index contributed by atoms with van der Waals surface area (Å²) in [5.74, 6) is 0. The monoisotopic (exact) mass is 197 g/mol. The van der Waals surface area contributed by atoms with Crippen molar-refractivity contribution in [2.45, 2.75) is 38.9 Å². The molecule has 1 aromatic rings. The fraction of sp³-hybridized carbons (Fsp3) is 0.667. The average molecular weight is 197 g/mol. The second kappa shape index (κ2) is 3.75. The minimum Gasteiger partial charge on any atom is -0.456 e. The summed E-state index contributed by atoms with van der Waals surface area (Å²) in [6.45, 7) is 7.10.